The zero-order valence-corrected chi connectivity index (χ0v) is 18.8. The van der Waals surface area contributed by atoms with Crippen LogP contribution in [0.2, 0.25) is 0 Å². The molecular weight excluding hydrogens is 422 g/mol. The van der Waals surface area contributed by atoms with Crippen LogP contribution in [0.4, 0.5) is 0 Å². The molecule has 32 heavy (non-hydrogen) atoms. The molecule has 1 heterocycles. The molecule has 1 aliphatic rings. The van der Waals surface area contributed by atoms with Crippen LogP contribution in [-0.2, 0) is 27.6 Å². The van der Waals surface area contributed by atoms with E-state index in [1.54, 1.807) is 12.1 Å². The standard InChI is InChI=1S/C26H25NO4S/c1-3-19-11-13-21(14-12-19)23-25(32(30,31)22-15-9-18(2)10-16-22)24(28)26(29)27(23)17-20-7-5-4-6-8-20/h4-16,23,28H,3,17H2,1-2H3. The minimum Gasteiger partial charge on any atom is -0.502 e. The van der Waals surface area contributed by atoms with Gasteiger partial charge in [0.15, 0.2) is 5.76 Å². The smallest absolute Gasteiger partial charge is 0.290 e. The van der Waals surface area contributed by atoms with Crippen molar-refractivity contribution < 1.29 is 18.3 Å². The molecule has 4 rings (SSSR count). The number of aryl methyl sites for hydroxylation is 2. The van der Waals surface area contributed by atoms with Crippen molar-refractivity contribution in [3.05, 3.63) is 112 Å². The Bertz CT molecular complexity index is 1260. The van der Waals surface area contributed by atoms with Gasteiger partial charge in [-0.15, -0.1) is 0 Å². The molecule has 3 aromatic rings. The van der Waals surface area contributed by atoms with E-state index in [4.69, 9.17) is 0 Å². The van der Waals surface area contributed by atoms with Gasteiger partial charge in [-0.05, 0) is 42.2 Å². The predicted molar refractivity (Wildman–Crippen MR) is 124 cm³/mol. The Hall–Kier alpha value is -3.38. The first kappa shape index (κ1) is 21.8. The molecule has 6 heteroatoms. The Morgan fingerprint density at radius 2 is 1.50 bits per heavy atom. The third-order valence-electron chi connectivity index (χ3n) is 5.78. The van der Waals surface area contributed by atoms with Gasteiger partial charge in [0.25, 0.3) is 5.91 Å². The van der Waals surface area contributed by atoms with E-state index in [2.05, 4.69) is 0 Å². The molecular formula is C26H25NO4S. The van der Waals surface area contributed by atoms with Gasteiger partial charge in [0.2, 0.25) is 9.84 Å². The van der Waals surface area contributed by atoms with Crippen LogP contribution in [-0.4, -0.2) is 24.3 Å². The lowest BCUT2D eigenvalue weighted by Crippen LogP contribution is -2.30. The first-order chi connectivity index (χ1) is 15.3. The minimum atomic E-state index is -4.11. The molecule has 0 radical (unpaired) electrons. The summed E-state index contributed by atoms with van der Waals surface area (Å²) >= 11 is 0. The topological polar surface area (TPSA) is 74.7 Å². The quantitative estimate of drug-likeness (QED) is 0.584. The average Bonchev–Trinajstić information content (AvgIpc) is 3.05. The number of aliphatic hydroxyl groups is 1. The fraction of sp³-hybridized carbons (Fsp3) is 0.192. The molecule has 3 aromatic carbocycles. The zero-order valence-electron chi connectivity index (χ0n) is 18.0. The second kappa shape index (κ2) is 8.63. The van der Waals surface area contributed by atoms with E-state index in [9.17, 15) is 18.3 Å². The highest BCUT2D eigenvalue weighted by atomic mass is 32.2. The lowest BCUT2D eigenvalue weighted by atomic mass is 10.0. The summed E-state index contributed by atoms with van der Waals surface area (Å²) in [5, 5.41) is 10.8. The van der Waals surface area contributed by atoms with E-state index in [-0.39, 0.29) is 16.3 Å². The molecule has 1 atom stereocenters. The number of carbonyl (C=O) groups excluding carboxylic acids is 1. The highest BCUT2D eigenvalue weighted by Gasteiger charge is 2.46. The van der Waals surface area contributed by atoms with Gasteiger partial charge in [-0.25, -0.2) is 8.42 Å². The largest absolute Gasteiger partial charge is 0.502 e. The van der Waals surface area contributed by atoms with Gasteiger partial charge in [0.05, 0.1) is 10.9 Å². The zero-order chi connectivity index (χ0) is 22.9. The summed E-state index contributed by atoms with van der Waals surface area (Å²) in [5.74, 6) is -1.41. The maximum Gasteiger partial charge on any atom is 0.290 e. The fourth-order valence-corrected chi connectivity index (χ4v) is 5.61. The molecule has 1 N–H and O–H groups in total. The normalized spacial score (nSPS) is 16.6. The van der Waals surface area contributed by atoms with Crippen molar-refractivity contribution in [2.45, 2.75) is 37.8 Å². The summed E-state index contributed by atoms with van der Waals surface area (Å²) in [6, 6.07) is 22.3. The van der Waals surface area contributed by atoms with Crippen LogP contribution < -0.4 is 0 Å². The highest BCUT2D eigenvalue weighted by Crippen LogP contribution is 2.43. The van der Waals surface area contributed by atoms with E-state index in [0.29, 0.717) is 5.56 Å². The monoisotopic (exact) mass is 447 g/mol. The van der Waals surface area contributed by atoms with E-state index in [1.807, 2.05) is 68.4 Å². The van der Waals surface area contributed by atoms with Gasteiger partial charge in [-0.2, -0.15) is 0 Å². The Kier molecular flexibility index (Phi) is 5.89. The Morgan fingerprint density at radius 1 is 0.875 bits per heavy atom. The SMILES string of the molecule is CCc1ccc(C2C(S(=O)(=O)c3ccc(C)cc3)=C(O)C(=O)N2Cc2ccccc2)cc1. The number of rotatable bonds is 6. The van der Waals surface area contributed by atoms with Crippen LogP contribution in [0.3, 0.4) is 0 Å². The first-order valence-corrected chi connectivity index (χ1v) is 12.0. The van der Waals surface area contributed by atoms with Gasteiger partial charge in [-0.1, -0.05) is 79.2 Å². The van der Waals surface area contributed by atoms with Crippen LogP contribution >= 0.6 is 0 Å². The van der Waals surface area contributed by atoms with Crippen molar-refractivity contribution in [1.82, 2.24) is 4.90 Å². The number of sulfone groups is 1. The van der Waals surface area contributed by atoms with Gasteiger partial charge in [0, 0.05) is 6.54 Å². The predicted octanol–water partition coefficient (Wildman–Crippen LogP) is 4.88. The van der Waals surface area contributed by atoms with E-state index in [0.717, 1.165) is 23.1 Å². The van der Waals surface area contributed by atoms with Gasteiger partial charge >= 0.3 is 0 Å². The third kappa shape index (κ3) is 3.94. The van der Waals surface area contributed by atoms with E-state index in [1.165, 1.54) is 17.0 Å². The van der Waals surface area contributed by atoms with Crippen LogP contribution in [0.1, 0.15) is 35.2 Å². The highest BCUT2D eigenvalue weighted by molar-refractivity contribution is 7.95. The number of aliphatic hydroxyl groups excluding tert-OH is 1. The summed E-state index contributed by atoms with van der Waals surface area (Å²) in [6.07, 6.45) is 0.840. The molecule has 164 valence electrons. The number of carbonyl (C=O) groups is 1. The van der Waals surface area contributed by atoms with Crippen molar-refractivity contribution in [3.63, 3.8) is 0 Å². The van der Waals surface area contributed by atoms with Crippen LogP contribution in [0, 0.1) is 6.92 Å². The molecule has 1 unspecified atom stereocenters. The van der Waals surface area contributed by atoms with Crippen LogP contribution in [0.15, 0.2) is 94.4 Å². The fourth-order valence-electron chi connectivity index (χ4n) is 3.96. The Balaban J connectivity index is 1.85. The van der Waals surface area contributed by atoms with E-state index >= 15 is 0 Å². The maximum absolute atomic E-state index is 13.6. The molecule has 0 spiro atoms. The number of benzene rings is 3. The summed E-state index contributed by atoms with van der Waals surface area (Å²) < 4.78 is 27.2. The molecule has 1 amide bonds. The molecule has 5 nitrogen and oxygen atoms in total. The maximum atomic E-state index is 13.6. The molecule has 0 saturated carbocycles. The second-order valence-corrected chi connectivity index (χ2v) is 9.86. The first-order valence-electron chi connectivity index (χ1n) is 10.5. The molecule has 0 aromatic heterocycles. The van der Waals surface area contributed by atoms with Crippen molar-refractivity contribution in [1.29, 1.82) is 0 Å². The van der Waals surface area contributed by atoms with Crippen molar-refractivity contribution in [2.75, 3.05) is 0 Å². The Labute approximate surface area is 188 Å². The van der Waals surface area contributed by atoms with Gasteiger partial charge in [0.1, 0.15) is 4.91 Å². The van der Waals surface area contributed by atoms with Crippen LogP contribution in [0.25, 0.3) is 0 Å². The molecule has 0 fully saturated rings. The minimum absolute atomic E-state index is 0.0502. The van der Waals surface area contributed by atoms with Crippen molar-refractivity contribution in [3.8, 4) is 0 Å². The van der Waals surface area contributed by atoms with Crippen molar-refractivity contribution >= 4 is 15.7 Å². The summed E-state index contributed by atoms with van der Waals surface area (Å²) in [5.41, 5.74) is 3.50. The summed E-state index contributed by atoms with van der Waals surface area (Å²) in [7, 11) is -4.11. The van der Waals surface area contributed by atoms with Gasteiger partial charge in [-0.3, -0.25) is 4.79 Å². The molecule has 0 bridgehead atoms. The number of amides is 1. The van der Waals surface area contributed by atoms with Crippen LogP contribution in [0.5, 0.6) is 0 Å². The molecule has 0 aliphatic carbocycles. The number of hydrogen-bond donors (Lipinski definition) is 1. The molecule has 0 saturated heterocycles. The summed E-state index contributed by atoms with van der Waals surface area (Å²) in [4.78, 5) is 14.3. The Morgan fingerprint density at radius 3 is 2.09 bits per heavy atom. The number of hydrogen-bond acceptors (Lipinski definition) is 4. The summed E-state index contributed by atoms with van der Waals surface area (Å²) in [6.45, 7) is 4.08. The average molecular weight is 448 g/mol. The lowest BCUT2D eigenvalue weighted by molar-refractivity contribution is -0.130. The second-order valence-electron chi connectivity index (χ2n) is 7.95. The van der Waals surface area contributed by atoms with E-state index < -0.39 is 27.5 Å². The molecule has 1 aliphatic heterocycles. The number of nitrogens with zero attached hydrogens (tertiary/aromatic N) is 1. The van der Waals surface area contributed by atoms with Crippen molar-refractivity contribution in [2.24, 2.45) is 0 Å². The lowest BCUT2D eigenvalue weighted by Gasteiger charge is -2.27. The third-order valence-corrected chi connectivity index (χ3v) is 7.67. The van der Waals surface area contributed by atoms with Gasteiger partial charge < -0.3 is 10.0 Å².